The number of nitrogens with zero attached hydrogens (tertiary/aromatic N) is 4. The summed E-state index contributed by atoms with van der Waals surface area (Å²) in [6, 6.07) is 8.96. The summed E-state index contributed by atoms with van der Waals surface area (Å²) >= 11 is 6.30. The van der Waals surface area contributed by atoms with Crippen LogP contribution in [-0.4, -0.2) is 48.1 Å². The second-order valence-corrected chi connectivity index (χ2v) is 15.4. The molecule has 1 fully saturated rings. The second kappa shape index (κ2) is 9.10. The van der Waals surface area contributed by atoms with E-state index in [0.29, 0.717) is 43.5 Å². The molecule has 0 spiro atoms. The van der Waals surface area contributed by atoms with E-state index in [4.69, 9.17) is 16.3 Å². The molecule has 8 heteroatoms. The molecule has 0 unspecified atom stereocenters. The minimum atomic E-state index is -1.15. The van der Waals surface area contributed by atoms with Crippen LogP contribution in [-0.2, 0) is 16.3 Å². The van der Waals surface area contributed by atoms with Gasteiger partial charge in [0.1, 0.15) is 30.3 Å². The van der Waals surface area contributed by atoms with Gasteiger partial charge in [-0.1, -0.05) is 43.4 Å². The van der Waals surface area contributed by atoms with Gasteiger partial charge in [0.25, 0.3) is 0 Å². The monoisotopic (exact) mass is 456 g/mol. The number of carbonyl (C=O) groups excluding carboxylic acids is 1. The van der Waals surface area contributed by atoms with E-state index in [1.807, 2.05) is 24.3 Å². The first-order chi connectivity index (χ1) is 14.8. The lowest BCUT2D eigenvalue weighted by Gasteiger charge is -2.27. The fourth-order valence-corrected chi connectivity index (χ4v) is 4.78. The predicted octanol–water partition coefficient (Wildman–Crippen LogP) is 5.23. The van der Waals surface area contributed by atoms with E-state index >= 15 is 0 Å². The van der Waals surface area contributed by atoms with Gasteiger partial charge in [-0.15, -0.1) is 0 Å². The van der Waals surface area contributed by atoms with Crippen molar-refractivity contribution in [1.29, 1.82) is 0 Å². The molecule has 0 saturated carbocycles. The van der Waals surface area contributed by atoms with Crippen LogP contribution in [0.5, 0.6) is 0 Å². The van der Waals surface area contributed by atoms with E-state index in [9.17, 15) is 4.79 Å². The quantitative estimate of drug-likeness (QED) is 0.359. The van der Waals surface area contributed by atoms with Crippen molar-refractivity contribution < 1.29 is 9.53 Å². The Hall–Kier alpha value is -2.22. The Kier molecular flexibility index (Phi) is 6.46. The zero-order valence-electron chi connectivity index (χ0n) is 18.4. The third kappa shape index (κ3) is 5.17. The van der Waals surface area contributed by atoms with Crippen LogP contribution in [0.25, 0.3) is 22.2 Å². The number of anilines is 1. The fourth-order valence-electron chi connectivity index (χ4n) is 3.83. The Labute approximate surface area is 189 Å². The molecule has 3 aromatic rings. The third-order valence-electron chi connectivity index (χ3n) is 5.62. The number of benzene rings is 1. The highest BCUT2D eigenvalue weighted by Gasteiger charge is 2.23. The first-order valence-corrected chi connectivity index (χ1v) is 14.8. The number of halogens is 1. The van der Waals surface area contributed by atoms with Crippen molar-refractivity contribution in [2.75, 3.05) is 24.6 Å². The van der Waals surface area contributed by atoms with Crippen LogP contribution in [0.1, 0.15) is 12.8 Å². The number of rotatable bonds is 7. The lowest BCUT2D eigenvalue weighted by Crippen LogP contribution is -2.34. The largest absolute Gasteiger partial charge is 0.361 e. The number of Topliss-reactive ketones (excluding diaryl/α,β-unsaturated/α-hetero) is 1. The second-order valence-electron chi connectivity index (χ2n) is 9.29. The predicted molar refractivity (Wildman–Crippen MR) is 129 cm³/mol. The van der Waals surface area contributed by atoms with Crippen molar-refractivity contribution in [2.45, 2.75) is 45.3 Å². The molecular weight excluding hydrogens is 428 g/mol. The maximum atomic E-state index is 11.8. The zero-order valence-corrected chi connectivity index (χ0v) is 20.2. The Morgan fingerprint density at radius 1 is 1.16 bits per heavy atom. The summed E-state index contributed by atoms with van der Waals surface area (Å²) < 4.78 is 8.08. The van der Waals surface area contributed by atoms with Crippen LogP contribution in [0.3, 0.4) is 0 Å². The molecular formula is C23H29ClN4O2Si. The third-order valence-corrected chi connectivity index (χ3v) is 7.56. The molecule has 4 rings (SSSR count). The summed E-state index contributed by atoms with van der Waals surface area (Å²) in [7, 11) is -1.15. The van der Waals surface area contributed by atoms with E-state index in [2.05, 4.69) is 45.3 Å². The number of hydrogen-bond acceptors (Lipinski definition) is 5. The number of hydrogen-bond donors (Lipinski definition) is 0. The van der Waals surface area contributed by atoms with Gasteiger partial charge < -0.3 is 14.2 Å². The molecule has 6 nitrogen and oxygen atoms in total. The molecule has 0 N–H and O–H groups in total. The van der Waals surface area contributed by atoms with E-state index in [0.717, 1.165) is 40.6 Å². The van der Waals surface area contributed by atoms with Gasteiger partial charge in [0.2, 0.25) is 0 Å². The van der Waals surface area contributed by atoms with Crippen molar-refractivity contribution in [2.24, 2.45) is 0 Å². The normalized spacial score (nSPS) is 15.1. The fraction of sp³-hybridized carbons (Fsp3) is 0.435. The maximum Gasteiger partial charge on any atom is 0.148 e. The minimum Gasteiger partial charge on any atom is -0.361 e. The van der Waals surface area contributed by atoms with E-state index in [1.165, 1.54) is 0 Å². The topological polar surface area (TPSA) is 60.2 Å². The highest BCUT2D eigenvalue weighted by atomic mass is 35.5. The van der Waals surface area contributed by atoms with Crippen LogP contribution in [0.2, 0.25) is 30.7 Å². The molecule has 164 valence electrons. The van der Waals surface area contributed by atoms with Crippen LogP contribution in [0.15, 0.2) is 36.8 Å². The molecule has 3 heterocycles. The Balaban J connectivity index is 1.73. The molecule has 0 bridgehead atoms. The van der Waals surface area contributed by atoms with Gasteiger partial charge in [-0.3, -0.25) is 4.79 Å². The number of fused-ring (bicyclic) bond motifs is 1. The summed E-state index contributed by atoms with van der Waals surface area (Å²) in [6.07, 6.45) is 4.80. The first kappa shape index (κ1) is 22.0. The SMILES string of the molecule is C[Si](C)(C)CCOCn1cc(-c2cccc(Cl)c2)c2c(N3CCC(=O)CC3)ncnc21. The number of ketones is 1. The number of piperidine rings is 1. The van der Waals surface area contributed by atoms with E-state index < -0.39 is 8.07 Å². The Morgan fingerprint density at radius 3 is 2.65 bits per heavy atom. The van der Waals surface area contributed by atoms with Gasteiger partial charge in [0, 0.05) is 57.4 Å². The molecule has 31 heavy (non-hydrogen) atoms. The molecule has 1 aromatic carbocycles. The van der Waals surface area contributed by atoms with Crippen molar-refractivity contribution in [3.05, 3.63) is 41.8 Å². The van der Waals surface area contributed by atoms with Crippen molar-refractivity contribution in [3.8, 4) is 11.1 Å². The lowest BCUT2D eigenvalue weighted by atomic mass is 10.0. The summed E-state index contributed by atoms with van der Waals surface area (Å²) in [6.45, 7) is 9.59. The van der Waals surface area contributed by atoms with Crippen molar-refractivity contribution in [1.82, 2.24) is 14.5 Å². The molecule has 1 aliphatic heterocycles. The molecule has 0 atom stereocenters. The van der Waals surface area contributed by atoms with Crippen LogP contribution >= 0.6 is 11.6 Å². The van der Waals surface area contributed by atoms with Gasteiger partial charge >= 0.3 is 0 Å². The summed E-state index contributed by atoms with van der Waals surface area (Å²) in [5, 5.41) is 1.67. The number of aromatic nitrogens is 3. The molecule has 0 aliphatic carbocycles. The smallest absolute Gasteiger partial charge is 0.148 e. The molecule has 1 aliphatic rings. The van der Waals surface area contributed by atoms with Gasteiger partial charge in [0.05, 0.1) is 5.39 Å². The van der Waals surface area contributed by atoms with Crippen LogP contribution in [0, 0.1) is 0 Å². The highest BCUT2D eigenvalue weighted by molar-refractivity contribution is 6.76. The molecule has 1 saturated heterocycles. The minimum absolute atomic E-state index is 0.310. The van der Waals surface area contributed by atoms with Gasteiger partial charge in [-0.2, -0.15) is 0 Å². The highest BCUT2D eigenvalue weighted by Crippen LogP contribution is 2.36. The van der Waals surface area contributed by atoms with E-state index in [-0.39, 0.29) is 0 Å². The molecule has 0 radical (unpaired) electrons. The average Bonchev–Trinajstić information content (AvgIpc) is 3.10. The Bertz CT molecular complexity index is 1080. The van der Waals surface area contributed by atoms with E-state index in [1.54, 1.807) is 6.33 Å². The summed E-state index contributed by atoms with van der Waals surface area (Å²) in [5.41, 5.74) is 2.88. The van der Waals surface area contributed by atoms with Gasteiger partial charge in [-0.25, -0.2) is 9.97 Å². The standard InChI is InChI=1S/C23H29ClN4O2Si/c1-31(2,3)12-11-30-16-28-14-20(17-5-4-6-18(24)13-17)21-22(25-15-26-23(21)28)27-9-7-19(29)8-10-27/h4-6,13-15H,7-12,16H2,1-3H3. The average molecular weight is 457 g/mol. The molecule has 2 aromatic heterocycles. The lowest BCUT2D eigenvalue weighted by molar-refractivity contribution is -0.119. The summed E-state index contributed by atoms with van der Waals surface area (Å²) in [4.78, 5) is 23.2. The first-order valence-electron chi connectivity index (χ1n) is 10.8. The maximum absolute atomic E-state index is 11.8. The van der Waals surface area contributed by atoms with Crippen molar-refractivity contribution in [3.63, 3.8) is 0 Å². The number of ether oxygens (including phenoxy) is 1. The van der Waals surface area contributed by atoms with Crippen LogP contribution in [0.4, 0.5) is 5.82 Å². The molecule has 0 amide bonds. The van der Waals surface area contributed by atoms with Crippen molar-refractivity contribution >= 4 is 42.3 Å². The summed E-state index contributed by atoms with van der Waals surface area (Å²) in [5.74, 6) is 1.18. The zero-order chi connectivity index (χ0) is 22.0. The van der Waals surface area contributed by atoms with Gasteiger partial charge in [0.15, 0.2) is 0 Å². The number of carbonyl (C=O) groups is 1. The van der Waals surface area contributed by atoms with Crippen LogP contribution < -0.4 is 4.90 Å². The van der Waals surface area contributed by atoms with Gasteiger partial charge in [-0.05, 0) is 23.7 Å². The Morgan fingerprint density at radius 2 is 1.94 bits per heavy atom.